The number of hydrogen-bond donors (Lipinski definition) is 1. The Morgan fingerprint density at radius 3 is 2.95 bits per heavy atom. The van der Waals surface area contributed by atoms with Crippen LogP contribution in [0.4, 0.5) is 0 Å². The number of aromatic nitrogens is 1. The molecule has 1 heterocycles. The molecule has 1 N–H and O–H groups in total. The quantitative estimate of drug-likeness (QED) is 0.882. The minimum absolute atomic E-state index is 0.316. The smallest absolute Gasteiger partial charge is 0.0719 e. The molecule has 1 atom stereocenters. The number of methoxy groups -OCH3 is 1. The summed E-state index contributed by atoms with van der Waals surface area (Å²) in [5, 5.41) is 5.31. The summed E-state index contributed by atoms with van der Waals surface area (Å²) in [5.74, 6) is 0. The summed E-state index contributed by atoms with van der Waals surface area (Å²) in [6.45, 7) is 3.74. The lowest BCUT2D eigenvalue weighted by molar-refractivity contribution is 0.167. The Balaban J connectivity index is 2.28. The van der Waals surface area contributed by atoms with Gasteiger partial charge in [0.2, 0.25) is 0 Å². The lowest BCUT2D eigenvalue weighted by atomic mass is 10.0. The first-order valence-electron chi connectivity index (χ1n) is 6.50. The monoisotopic (exact) mass is 278 g/mol. The van der Waals surface area contributed by atoms with Crippen LogP contribution in [0.2, 0.25) is 5.02 Å². The van der Waals surface area contributed by atoms with Gasteiger partial charge in [-0.15, -0.1) is 0 Å². The Labute approximate surface area is 118 Å². The van der Waals surface area contributed by atoms with Crippen molar-refractivity contribution in [1.82, 2.24) is 10.3 Å². The lowest BCUT2D eigenvalue weighted by Gasteiger charge is -2.17. The van der Waals surface area contributed by atoms with E-state index in [1.165, 1.54) is 5.56 Å². The highest BCUT2D eigenvalue weighted by Gasteiger charge is 2.10. The third-order valence-electron chi connectivity index (χ3n) is 3.12. The molecule has 19 heavy (non-hydrogen) atoms. The minimum atomic E-state index is 0.316. The van der Waals surface area contributed by atoms with E-state index in [0.717, 1.165) is 28.9 Å². The molecule has 0 radical (unpaired) electrons. The average Bonchev–Trinajstić information content (AvgIpc) is 2.39. The van der Waals surface area contributed by atoms with E-state index in [-0.39, 0.29) is 0 Å². The summed E-state index contributed by atoms with van der Waals surface area (Å²) in [4.78, 5) is 4.37. The van der Waals surface area contributed by atoms with Gasteiger partial charge >= 0.3 is 0 Å². The largest absolute Gasteiger partial charge is 0.383 e. The number of hydrogen-bond acceptors (Lipinski definition) is 3. The second-order valence-corrected chi connectivity index (χ2v) is 4.98. The number of benzene rings is 1. The zero-order valence-corrected chi connectivity index (χ0v) is 12.1. The van der Waals surface area contributed by atoms with Crippen molar-refractivity contribution in [2.45, 2.75) is 19.4 Å². The number of nitrogens with zero attached hydrogens (tertiary/aromatic N) is 1. The molecule has 0 fully saturated rings. The van der Waals surface area contributed by atoms with Crippen molar-refractivity contribution in [2.24, 2.45) is 0 Å². The van der Waals surface area contributed by atoms with Gasteiger partial charge in [0, 0.05) is 29.8 Å². The van der Waals surface area contributed by atoms with Crippen LogP contribution in [0.15, 0.2) is 30.5 Å². The molecule has 0 saturated carbocycles. The molecule has 2 aromatic rings. The molecule has 2 rings (SSSR count). The first kappa shape index (κ1) is 14.3. The number of fused-ring (bicyclic) bond motifs is 1. The Bertz CT molecular complexity index is 539. The maximum atomic E-state index is 6.00. The summed E-state index contributed by atoms with van der Waals surface area (Å²) >= 11 is 6.00. The first-order chi connectivity index (χ1) is 9.24. The van der Waals surface area contributed by atoms with E-state index in [1.54, 1.807) is 7.11 Å². The van der Waals surface area contributed by atoms with Gasteiger partial charge in [-0.2, -0.15) is 0 Å². The number of ether oxygens (including phenoxy) is 1. The third-order valence-corrected chi connectivity index (χ3v) is 3.36. The molecule has 1 aromatic carbocycles. The van der Waals surface area contributed by atoms with Crippen LogP contribution in [0, 0.1) is 0 Å². The zero-order chi connectivity index (χ0) is 13.7. The molecule has 0 aliphatic carbocycles. The third kappa shape index (κ3) is 3.66. The van der Waals surface area contributed by atoms with Crippen molar-refractivity contribution in [3.8, 4) is 0 Å². The fraction of sp³-hybridized carbons (Fsp3) is 0.400. The van der Waals surface area contributed by atoms with Gasteiger partial charge < -0.3 is 10.1 Å². The second kappa shape index (κ2) is 6.85. The average molecular weight is 279 g/mol. The summed E-state index contributed by atoms with van der Waals surface area (Å²) in [5.41, 5.74) is 2.21. The van der Waals surface area contributed by atoms with Crippen molar-refractivity contribution in [3.63, 3.8) is 0 Å². The van der Waals surface area contributed by atoms with Gasteiger partial charge in [-0.25, -0.2) is 0 Å². The molecular formula is C15H19ClN2O. The van der Waals surface area contributed by atoms with E-state index in [9.17, 15) is 0 Å². The van der Waals surface area contributed by atoms with E-state index in [0.29, 0.717) is 12.6 Å². The molecule has 3 nitrogen and oxygen atoms in total. The highest BCUT2D eigenvalue weighted by atomic mass is 35.5. The fourth-order valence-corrected chi connectivity index (χ4v) is 2.47. The van der Waals surface area contributed by atoms with Crippen molar-refractivity contribution in [3.05, 3.63) is 41.0 Å². The van der Waals surface area contributed by atoms with E-state index in [2.05, 4.69) is 23.3 Å². The molecule has 4 heteroatoms. The van der Waals surface area contributed by atoms with Crippen LogP contribution in [-0.4, -0.2) is 31.3 Å². The molecule has 0 spiro atoms. The number of halogens is 1. The minimum Gasteiger partial charge on any atom is -0.383 e. The molecular weight excluding hydrogens is 260 g/mol. The van der Waals surface area contributed by atoms with Crippen molar-refractivity contribution < 1.29 is 4.74 Å². The maximum Gasteiger partial charge on any atom is 0.0719 e. The summed E-state index contributed by atoms with van der Waals surface area (Å²) in [7, 11) is 1.73. The molecule has 0 aliphatic heterocycles. The number of rotatable bonds is 6. The first-order valence-corrected chi connectivity index (χ1v) is 6.88. The predicted molar refractivity (Wildman–Crippen MR) is 79.8 cm³/mol. The van der Waals surface area contributed by atoms with Crippen molar-refractivity contribution in [2.75, 3.05) is 20.3 Å². The van der Waals surface area contributed by atoms with Gasteiger partial charge in [0.1, 0.15) is 0 Å². The number of likely N-dealkylation sites (N-methyl/N-ethyl adjacent to an activating group) is 1. The molecule has 1 aromatic heterocycles. The lowest BCUT2D eigenvalue weighted by Crippen LogP contribution is -2.35. The Hall–Kier alpha value is -1.16. The van der Waals surface area contributed by atoms with Crippen molar-refractivity contribution in [1.29, 1.82) is 0 Å². The van der Waals surface area contributed by atoms with Crippen LogP contribution in [-0.2, 0) is 11.2 Å². The molecule has 1 unspecified atom stereocenters. The van der Waals surface area contributed by atoms with Crippen LogP contribution in [0.3, 0.4) is 0 Å². The zero-order valence-electron chi connectivity index (χ0n) is 11.3. The standard InChI is InChI=1S/C15H19ClN2O/c1-3-17-13(10-19-2)8-11-6-7-18-15-9-12(16)4-5-14(11)15/h4-7,9,13,17H,3,8,10H2,1-2H3. The van der Waals surface area contributed by atoms with Crippen molar-refractivity contribution >= 4 is 22.5 Å². The normalized spacial score (nSPS) is 12.8. The van der Waals surface area contributed by atoms with Gasteiger partial charge in [-0.05, 0) is 36.7 Å². The second-order valence-electron chi connectivity index (χ2n) is 4.55. The number of nitrogens with one attached hydrogen (secondary N) is 1. The summed E-state index contributed by atoms with van der Waals surface area (Å²) in [6, 6.07) is 8.23. The van der Waals surface area contributed by atoms with E-state index < -0.39 is 0 Å². The molecule has 0 bridgehead atoms. The van der Waals surface area contributed by atoms with E-state index >= 15 is 0 Å². The fourth-order valence-electron chi connectivity index (χ4n) is 2.30. The van der Waals surface area contributed by atoms with Gasteiger partial charge in [-0.1, -0.05) is 24.6 Å². The van der Waals surface area contributed by atoms with E-state index in [1.807, 2.05) is 24.4 Å². The van der Waals surface area contributed by atoms with E-state index in [4.69, 9.17) is 16.3 Å². The SMILES string of the molecule is CCNC(COC)Cc1ccnc2cc(Cl)ccc12. The summed E-state index contributed by atoms with van der Waals surface area (Å²) in [6.07, 6.45) is 2.76. The van der Waals surface area contributed by atoms with Crippen LogP contribution in [0.25, 0.3) is 10.9 Å². The van der Waals surface area contributed by atoms with Crippen LogP contribution in [0.1, 0.15) is 12.5 Å². The van der Waals surface area contributed by atoms with Gasteiger partial charge in [-0.3, -0.25) is 4.98 Å². The van der Waals surface area contributed by atoms with Crippen LogP contribution in [0.5, 0.6) is 0 Å². The molecule has 0 aliphatic rings. The Morgan fingerprint density at radius 2 is 2.21 bits per heavy atom. The number of pyridine rings is 1. The highest BCUT2D eigenvalue weighted by molar-refractivity contribution is 6.31. The molecule has 102 valence electrons. The highest BCUT2D eigenvalue weighted by Crippen LogP contribution is 2.21. The van der Waals surface area contributed by atoms with Crippen LogP contribution < -0.4 is 5.32 Å². The summed E-state index contributed by atoms with van der Waals surface area (Å²) < 4.78 is 5.26. The molecule has 0 amide bonds. The molecule has 0 saturated heterocycles. The van der Waals surface area contributed by atoms with Crippen LogP contribution >= 0.6 is 11.6 Å². The predicted octanol–water partition coefficient (Wildman–Crippen LogP) is 3.06. The topological polar surface area (TPSA) is 34.1 Å². The maximum absolute atomic E-state index is 6.00. The van der Waals surface area contributed by atoms with Gasteiger partial charge in [0.25, 0.3) is 0 Å². The van der Waals surface area contributed by atoms with Gasteiger partial charge in [0.05, 0.1) is 12.1 Å². The van der Waals surface area contributed by atoms with Gasteiger partial charge in [0.15, 0.2) is 0 Å². The Kier molecular flexibility index (Phi) is 5.14. The Morgan fingerprint density at radius 1 is 1.37 bits per heavy atom.